The summed E-state index contributed by atoms with van der Waals surface area (Å²) >= 11 is 0. The maximum absolute atomic E-state index is 11.8. The number of hydrogen-bond donors (Lipinski definition) is 3. The van der Waals surface area contributed by atoms with Crippen LogP contribution in [-0.2, 0) is 11.2 Å². The molecular weight excluding hydrogens is 252 g/mol. The van der Waals surface area contributed by atoms with Crippen molar-refractivity contribution in [3.05, 3.63) is 36.1 Å². The van der Waals surface area contributed by atoms with Crippen LogP contribution < -0.4 is 5.32 Å². The highest BCUT2D eigenvalue weighted by atomic mass is 16.4. The molecule has 0 fully saturated rings. The fourth-order valence-electron chi connectivity index (χ4n) is 1.51. The molecule has 0 aromatic carbocycles. The van der Waals surface area contributed by atoms with Gasteiger partial charge in [0.2, 0.25) is 5.76 Å². The van der Waals surface area contributed by atoms with Gasteiger partial charge in [-0.3, -0.25) is 4.79 Å². The Hall–Kier alpha value is -2.64. The van der Waals surface area contributed by atoms with Crippen molar-refractivity contribution in [2.45, 2.75) is 19.4 Å². The van der Waals surface area contributed by atoms with E-state index in [2.05, 4.69) is 20.3 Å². The lowest BCUT2D eigenvalue weighted by molar-refractivity contribution is -0.139. The first-order valence-electron chi connectivity index (χ1n) is 5.49. The van der Waals surface area contributed by atoms with Crippen LogP contribution in [0.3, 0.4) is 0 Å². The largest absolute Gasteiger partial charge is 0.480 e. The van der Waals surface area contributed by atoms with Crippen molar-refractivity contribution in [2.24, 2.45) is 0 Å². The van der Waals surface area contributed by atoms with E-state index in [0.29, 0.717) is 11.6 Å². The maximum atomic E-state index is 11.8. The van der Waals surface area contributed by atoms with Gasteiger partial charge in [-0.2, -0.15) is 0 Å². The molecule has 0 bridgehead atoms. The second-order valence-electron chi connectivity index (χ2n) is 3.89. The van der Waals surface area contributed by atoms with Crippen molar-refractivity contribution in [1.82, 2.24) is 20.3 Å². The van der Waals surface area contributed by atoms with E-state index in [1.54, 1.807) is 6.92 Å². The molecule has 1 atom stereocenters. The van der Waals surface area contributed by atoms with Gasteiger partial charge in [0.25, 0.3) is 5.91 Å². The van der Waals surface area contributed by atoms with Crippen molar-refractivity contribution in [3.63, 3.8) is 0 Å². The summed E-state index contributed by atoms with van der Waals surface area (Å²) < 4.78 is 5.02. The molecule has 2 aromatic heterocycles. The minimum absolute atomic E-state index is 0.0200. The van der Waals surface area contributed by atoms with Crippen LogP contribution in [-0.4, -0.2) is 38.0 Å². The van der Waals surface area contributed by atoms with E-state index in [4.69, 9.17) is 9.52 Å². The molecular formula is C11H12N4O4. The smallest absolute Gasteiger partial charge is 0.326 e. The number of aryl methyl sites for hydroxylation is 1. The average Bonchev–Trinajstić information content (AvgIpc) is 2.99. The molecule has 2 aromatic rings. The average molecular weight is 264 g/mol. The zero-order chi connectivity index (χ0) is 13.8. The molecule has 0 saturated heterocycles. The summed E-state index contributed by atoms with van der Waals surface area (Å²) in [5.74, 6) is -1.44. The van der Waals surface area contributed by atoms with Gasteiger partial charge in [-0.15, -0.1) is 0 Å². The number of aromatic amines is 1. The van der Waals surface area contributed by atoms with Gasteiger partial charge in [0.15, 0.2) is 5.89 Å². The number of carboxylic acids is 1. The van der Waals surface area contributed by atoms with E-state index in [9.17, 15) is 9.59 Å². The van der Waals surface area contributed by atoms with Crippen LogP contribution in [0.25, 0.3) is 0 Å². The Morgan fingerprint density at radius 1 is 1.53 bits per heavy atom. The Morgan fingerprint density at radius 2 is 2.32 bits per heavy atom. The topological polar surface area (TPSA) is 121 Å². The van der Waals surface area contributed by atoms with E-state index < -0.39 is 17.9 Å². The van der Waals surface area contributed by atoms with Crippen molar-refractivity contribution in [2.75, 3.05) is 0 Å². The number of aromatic nitrogens is 3. The van der Waals surface area contributed by atoms with Crippen molar-refractivity contribution in [1.29, 1.82) is 0 Å². The van der Waals surface area contributed by atoms with Crippen LogP contribution in [0.1, 0.15) is 22.1 Å². The normalized spacial score (nSPS) is 12.1. The van der Waals surface area contributed by atoms with Crippen LogP contribution >= 0.6 is 0 Å². The van der Waals surface area contributed by atoms with Crippen molar-refractivity contribution < 1.29 is 19.1 Å². The summed E-state index contributed by atoms with van der Waals surface area (Å²) in [7, 11) is 0. The number of oxazole rings is 1. The van der Waals surface area contributed by atoms with E-state index in [1.807, 2.05) is 0 Å². The SMILES string of the molecule is Cc1ncc(C(=O)N[C@@H](Cc2cnc[nH]2)C(=O)O)o1. The Morgan fingerprint density at radius 3 is 2.84 bits per heavy atom. The lowest BCUT2D eigenvalue weighted by atomic mass is 10.1. The van der Waals surface area contributed by atoms with Crippen molar-refractivity contribution >= 4 is 11.9 Å². The van der Waals surface area contributed by atoms with E-state index >= 15 is 0 Å². The Balaban J connectivity index is 2.04. The molecule has 2 rings (SSSR count). The second kappa shape index (κ2) is 5.34. The minimum Gasteiger partial charge on any atom is -0.480 e. The number of nitrogens with one attached hydrogen (secondary N) is 2. The van der Waals surface area contributed by atoms with Gasteiger partial charge in [-0.1, -0.05) is 0 Å². The predicted molar refractivity (Wildman–Crippen MR) is 62.4 cm³/mol. The van der Waals surface area contributed by atoms with Gasteiger partial charge in [0.05, 0.1) is 12.5 Å². The highest BCUT2D eigenvalue weighted by molar-refractivity contribution is 5.94. The molecule has 2 heterocycles. The Kier molecular flexibility index (Phi) is 3.60. The zero-order valence-corrected chi connectivity index (χ0v) is 10.1. The molecule has 8 heteroatoms. The molecule has 1 amide bonds. The molecule has 8 nitrogen and oxygen atoms in total. The Labute approximate surface area is 107 Å². The molecule has 0 spiro atoms. The lowest BCUT2D eigenvalue weighted by Gasteiger charge is -2.12. The summed E-state index contributed by atoms with van der Waals surface area (Å²) in [6.45, 7) is 1.59. The van der Waals surface area contributed by atoms with E-state index in [-0.39, 0.29) is 12.2 Å². The van der Waals surface area contributed by atoms with E-state index in [1.165, 1.54) is 18.7 Å². The third kappa shape index (κ3) is 3.18. The van der Waals surface area contributed by atoms with Gasteiger partial charge in [-0.25, -0.2) is 14.8 Å². The quantitative estimate of drug-likeness (QED) is 0.705. The summed E-state index contributed by atoms with van der Waals surface area (Å²) in [4.78, 5) is 33.2. The summed E-state index contributed by atoms with van der Waals surface area (Å²) in [5.41, 5.74) is 0.612. The molecule has 3 N–H and O–H groups in total. The highest BCUT2D eigenvalue weighted by Gasteiger charge is 2.23. The zero-order valence-electron chi connectivity index (χ0n) is 10.1. The summed E-state index contributed by atoms with van der Waals surface area (Å²) in [6.07, 6.45) is 4.30. The monoisotopic (exact) mass is 264 g/mol. The first-order valence-corrected chi connectivity index (χ1v) is 5.49. The van der Waals surface area contributed by atoms with Gasteiger partial charge >= 0.3 is 5.97 Å². The third-order valence-electron chi connectivity index (χ3n) is 2.43. The number of amides is 1. The Bertz CT molecular complexity index is 575. The van der Waals surface area contributed by atoms with Crippen LogP contribution in [0.2, 0.25) is 0 Å². The van der Waals surface area contributed by atoms with Crippen molar-refractivity contribution in [3.8, 4) is 0 Å². The number of carbonyl (C=O) groups excluding carboxylic acids is 1. The molecule has 100 valence electrons. The minimum atomic E-state index is -1.14. The standard InChI is InChI=1S/C11H12N4O4/c1-6-13-4-9(19-6)10(16)15-8(11(17)18)2-7-3-12-5-14-7/h3-5,8H,2H2,1H3,(H,12,14)(H,15,16)(H,17,18)/t8-/m0/s1. The van der Waals surface area contributed by atoms with Crippen LogP contribution in [0.15, 0.2) is 23.1 Å². The molecule has 0 aliphatic rings. The molecule has 19 heavy (non-hydrogen) atoms. The number of aliphatic carboxylic acids is 1. The molecule has 0 aliphatic heterocycles. The fourth-order valence-corrected chi connectivity index (χ4v) is 1.51. The molecule has 0 unspecified atom stereocenters. The van der Waals surface area contributed by atoms with Gasteiger partial charge in [-0.05, 0) is 0 Å². The van der Waals surface area contributed by atoms with Gasteiger partial charge in [0.1, 0.15) is 6.04 Å². The number of rotatable bonds is 5. The van der Waals surface area contributed by atoms with Crippen LogP contribution in [0.4, 0.5) is 0 Å². The number of nitrogens with zero attached hydrogens (tertiary/aromatic N) is 2. The van der Waals surface area contributed by atoms with Crippen LogP contribution in [0.5, 0.6) is 0 Å². The lowest BCUT2D eigenvalue weighted by Crippen LogP contribution is -2.42. The maximum Gasteiger partial charge on any atom is 0.326 e. The molecule has 0 aliphatic carbocycles. The molecule has 0 radical (unpaired) electrons. The number of carbonyl (C=O) groups is 2. The van der Waals surface area contributed by atoms with Crippen LogP contribution in [0, 0.1) is 6.92 Å². The number of H-pyrrole nitrogens is 1. The second-order valence-corrected chi connectivity index (χ2v) is 3.89. The highest BCUT2D eigenvalue weighted by Crippen LogP contribution is 2.04. The fraction of sp³-hybridized carbons (Fsp3) is 0.273. The first-order chi connectivity index (χ1) is 9.06. The van der Waals surface area contributed by atoms with Gasteiger partial charge < -0.3 is 19.8 Å². The number of imidazole rings is 1. The predicted octanol–water partition coefficient (Wildman–Crippen LogP) is 0.132. The molecule has 0 saturated carbocycles. The third-order valence-corrected chi connectivity index (χ3v) is 2.43. The number of hydrogen-bond acceptors (Lipinski definition) is 5. The first kappa shape index (κ1) is 12.8. The summed E-state index contributed by atoms with van der Waals surface area (Å²) in [6, 6.07) is -1.07. The summed E-state index contributed by atoms with van der Waals surface area (Å²) in [5, 5.41) is 11.4. The van der Waals surface area contributed by atoms with Gasteiger partial charge in [0, 0.05) is 25.2 Å². The van der Waals surface area contributed by atoms with E-state index in [0.717, 1.165) is 0 Å². The number of carboxylic acid groups (broad SMARTS) is 1.